The van der Waals surface area contributed by atoms with E-state index in [4.69, 9.17) is 4.74 Å². The van der Waals surface area contributed by atoms with Crippen molar-refractivity contribution in [3.63, 3.8) is 0 Å². The molecule has 1 rings (SSSR count). The van der Waals surface area contributed by atoms with Gasteiger partial charge in [0.2, 0.25) is 0 Å². The minimum atomic E-state index is 0.684. The molecule has 0 aliphatic carbocycles. The fourth-order valence-corrected chi connectivity index (χ4v) is 2.28. The van der Waals surface area contributed by atoms with E-state index in [9.17, 15) is 0 Å². The summed E-state index contributed by atoms with van der Waals surface area (Å²) in [5.41, 5.74) is 0. The third-order valence-electron chi connectivity index (χ3n) is 3.42. The Labute approximate surface area is 94.4 Å². The first-order valence-electron chi connectivity index (χ1n) is 6.16. The second-order valence-corrected chi connectivity index (χ2v) is 4.68. The number of hydrogen-bond donors (Lipinski definition) is 0. The molecule has 0 aromatic heterocycles. The summed E-state index contributed by atoms with van der Waals surface area (Å²) >= 11 is 0. The van der Waals surface area contributed by atoms with Gasteiger partial charge in [0.05, 0.1) is 6.61 Å². The highest BCUT2D eigenvalue weighted by Crippen LogP contribution is 2.14. The van der Waals surface area contributed by atoms with Crippen molar-refractivity contribution in [2.45, 2.75) is 39.3 Å². The predicted molar refractivity (Wildman–Crippen MR) is 64.2 cm³/mol. The summed E-state index contributed by atoms with van der Waals surface area (Å²) in [5, 5.41) is 0. The standard InChI is InChI=1S/C12H26N2O/c1-5-12-10-14(11(2)3)7-6-13(12)8-9-15-4/h11-12H,5-10H2,1-4H3/t12-/m0/s1. The van der Waals surface area contributed by atoms with Crippen LogP contribution < -0.4 is 0 Å². The van der Waals surface area contributed by atoms with Crippen LogP contribution in [0.15, 0.2) is 0 Å². The molecule has 90 valence electrons. The molecule has 0 aromatic rings. The van der Waals surface area contributed by atoms with E-state index in [1.165, 1.54) is 26.1 Å². The lowest BCUT2D eigenvalue weighted by molar-refractivity contribution is 0.0369. The van der Waals surface area contributed by atoms with Crippen LogP contribution in [0.3, 0.4) is 0 Å². The van der Waals surface area contributed by atoms with E-state index in [1.54, 1.807) is 7.11 Å². The predicted octanol–water partition coefficient (Wildman–Crippen LogP) is 1.44. The van der Waals surface area contributed by atoms with Gasteiger partial charge in [-0.25, -0.2) is 0 Å². The molecule has 1 heterocycles. The van der Waals surface area contributed by atoms with Gasteiger partial charge < -0.3 is 4.74 Å². The summed E-state index contributed by atoms with van der Waals surface area (Å²) in [6.45, 7) is 12.4. The van der Waals surface area contributed by atoms with Gasteiger partial charge in [0.15, 0.2) is 0 Å². The van der Waals surface area contributed by atoms with Crippen molar-refractivity contribution < 1.29 is 4.74 Å². The number of nitrogens with zero attached hydrogens (tertiary/aromatic N) is 2. The number of piperazine rings is 1. The summed E-state index contributed by atoms with van der Waals surface area (Å²) in [6, 6.07) is 1.40. The first kappa shape index (κ1) is 12.9. The Kier molecular flexibility index (Phi) is 5.58. The quantitative estimate of drug-likeness (QED) is 0.689. The Morgan fingerprint density at radius 1 is 1.33 bits per heavy atom. The average molecular weight is 214 g/mol. The smallest absolute Gasteiger partial charge is 0.0589 e. The summed E-state index contributed by atoms with van der Waals surface area (Å²) in [7, 11) is 1.78. The van der Waals surface area contributed by atoms with Crippen molar-refractivity contribution in [3.8, 4) is 0 Å². The second kappa shape index (κ2) is 6.46. The molecule has 1 fully saturated rings. The van der Waals surface area contributed by atoms with Gasteiger partial charge in [-0.15, -0.1) is 0 Å². The van der Waals surface area contributed by atoms with Crippen molar-refractivity contribution >= 4 is 0 Å². The lowest BCUT2D eigenvalue weighted by atomic mass is 10.1. The Balaban J connectivity index is 2.41. The Morgan fingerprint density at radius 3 is 2.60 bits per heavy atom. The number of rotatable bonds is 5. The molecular weight excluding hydrogens is 188 g/mol. The molecule has 0 bridgehead atoms. The zero-order chi connectivity index (χ0) is 11.3. The van der Waals surface area contributed by atoms with Crippen LogP contribution in [-0.4, -0.2) is 61.8 Å². The number of hydrogen-bond acceptors (Lipinski definition) is 3. The van der Waals surface area contributed by atoms with Gasteiger partial charge in [-0.2, -0.15) is 0 Å². The molecule has 0 aromatic carbocycles. The molecule has 0 saturated carbocycles. The Hall–Kier alpha value is -0.120. The van der Waals surface area contributed by atoms with Crippen molar-refractivity contribution in [3.05, 3.63) is 0 Å². The number of ether oxygens (including phenoxy) is 1. The van der Waals surface area contributed by atoms with Crippen LogP contribution in [0.4, 0.5) is 0 Å². The van der Waals surface area contributed by atoms with Gasteiger partial charge in [-0.1, -0.05) is 6.92 Å². The van der Waals surface area contributed by atoms with E-state index in [0.29, 0.717) is 6.04 Å². The SMILES string of the molecule is CC[C@H]1CN(C(C)C)CCN1CCOC. The molecule has 15 heavy (non-hydrogen) atoms. The zero-order valence-corrected chi connectivity index (χ0v) is 10.7. The molecule has 0 spiro atoms. The highest BCUT2D eigenvalue weighted by molar-refractivity contribution is 4.82. The van der Waals surface area contributed by atoms with E-state index < -0.39 is 0 Å². The Morgan fingerprint density at radius 2 is 2.07 bits per heavy atom. The summed E-state index contributed by atoms with van der Waals surface area (Å²) in [6.07, 6.45) is 1.24. The summed E-state index contributed by atoms with van der Waals surface area (Å²) < 4.78 is 5.16. The molecule has 0 radical (unpaired) electrons. The molecule has 3 heteroatoms. The maximum atomic E-state index is 5.16. The summed E-state index contributed by atoms with van der Waals surface area (Å²) in [5.74, 6) is 0. The van der Waals surface area contributed by atoms with Gasteiger partial charge in [-0.3, -0.25) is 9.80 Å². The maximum Gasteiger partial charge on any atom is 0.0589 e. The minimum Gasteiger partial charge on any atom is -0.383 e. The first-order chi connectivity index (χ1) is 7.19. The van der Waals surface area contributed by atoms with Crippen LogP contribution in [0.5, 0.6) is 0 Å². The van der Waals surface area contributed by atoms with E-state index in [0.717, 1.165) is 19.2 Å². The van der Waals surface area contributed by atoms with Crippen LogP contribution in [0.1, 0.15) is 27.2 Å². The molecule has 1 atom stereocenters. The van der Waals surface area contributed by atoms with Crippen molar-refractivity contribution in [2.75, 3.05) is 39.9 Å². The van der Waals surface area contributed by atoms with E-state index in [1.807, 2.05) is 0 Å². The third-order valence-corrected chi connectivity index (χ3v) is 3.42. The van der Waals surface area contributed by atoms with Crippen LogP contribution in [-0.2, 0) is 4.74 Å². The highest BCUT2D eigenvalue weighted by atomic mass is 16.5. The lowest BCUT2D eigenvalue weighted by Crippen LogP contribution is -2.55. The monoisotopic (exact) mass is 214 g/mol. The Bertz CT molecular complexity index is 173. The lowest BCUT2D eigenvalue weighted by Gasteiger charge is -2.42. The third kappa shape index (κ3) is 3.74. The van der Waals surface area contributed by atoms with Gasteiger partial charge >= 0.3 is 0 Å². The fourth-order valence-electron chi connectivity index (χ4n) is 2.28. The van der Waals surface area contributed by atoms with Crippen molar-refractivity contribution in [1.29, 1.82) is 0 Å². The normalized spacial score (nSPS) is 25.0. The van der Waals surface area contributed by atoms with E-state index in [-0.39, 0.29) is 0 Å². The largest absolute Gasteiger partial charge is 0.383 e. The molecule has 1 aliphatic heterocycles. The minimum absolute atomic E-state index is 0.684. The first-order valence-corrected chi connectivity index (χ1v) is 6.16. The fraction of sp³-hybridized carbons (Fsp3) is 1.00. The molecule has 1 saturated heterocycles. The summed E-state index contributed by atoms with van der Waals surface area (Å²) in [4.78, 5) is 5.15. The van der Waals surface area contributed by atoms with Gasteiger partial charge in [0, 0.05) is 45.4 Å². The molecule has 0 N–H and O–H groups in total. The second-order valence-electron chi connectivity index (χ2n) is 4.68. The highest BCUT2D eigenvalue weighted by Gasteiger charge is 2.26. The van der Waals surface area contributed by atoms with E-state index >= 15 is 0 Å². The van der Waals surface area contributed by atoms with Crippen molar-refractivity contribution in [1.82, 2.24) is 9.80 Å². The molecular formula is C12H26N2O. The molecule has 3 nitrogen and oxygen atoms in total. The van der Waals surface area contributed by atoms with Crippen LogP contribution in [0.2, 0.25) is 0 Å². The topological polar surface area (TPSA) is 15.7 Å². The number of methoxy groups -OCH3 is 1. The molecule has 0 amide bonds. The average Bonchev–Trinajstić information content (AvgIpc) is 2.25. The van der Waals surface area contributed by atoms with Gasteiger partial charge in [0.25, 0.3) is 0 Å². The van der Waals surface area contributed by atoms with Crippen LogP contribution in [0, 0.1) is 0 Å². The molecule has 1 aliphatic rings. The van der Waals surface area contributed by atoms with Gasteiger partial charge in [0.1, 0.15) is 0 Å². The zero-order valence-electron chi connectivity index (χ0n) is 10.7. The van der Waals surface area contributed by atoms with Crippen LogP contribution in [0.25, 0.3) is 0 Å². The van der Waals surface area contributed by atoms with Gasteiger partial charge in [-0.05, 0) is 20.3 Å². The van der Waals surface area contributed by atoms with E-state index in [2.05, 4.69) is 30.6 Å². The molecule has 0 unspecified atom stereocenters. The van der Waals surface area contributed by atoms with Crippen molar-refractivity contribution in [2.24, 2.45) is 0 Å². The maximum absolute atomic E-state index is 5.16. The van der Waals surface area contributed by atoms with Crippen LogP contribution >= 0.6 is 0 Å².